The van der Waals surface area contributed by atoms with Gasteiger partial charge < -0.3 is 10.4 Å². The zero-order valence-electron chi connectivity index (χ0n) is 11.8. The lowest BCUT2D eigenvalue weighted by Crippen LogP contribution is -2.42. The van der Waals surface area contributed by atoms with E-state index >= 15 is 0 Å². The molecular weight excluding hydrogens is 273 g/mol. The van der Waals surface area contributed by atoms with E-state index in [0.29, 0.717) is 25.2 Å². The molecule has 1 aromatic rings. The predicted octanol–water partition coefficient (Wildman–Crippen LogP) is 0.540. The third kappa shape index (κ3) is 3.39. The summed E-state index contributed by atoms with van der Waals surface area (Å²) in [6.45, 7) is 1.81. The molecule has 2 atom stereocenters. The van der Waals surface area contributed by atoms with Crippen LogP contribution in [0.3, 0.4) is 0 Å². The van der Waals surface area contributed by atoms with Gasteiger partial charge in [0.1, 0.15) is 5.82 Å². The molecule has 2 N–H and O–H groups in total. The summed E-state index contributed by atoms with van der Waals surface area (Å²) in [7, 11) is 0. The third-order valence-electron chi connectivity index (χ3n) is 4.28. The zero-order chi connectivity index (χ0) is 14.8. The Kier molecular flexibility index (Phi) is 4.17. The first-order valence-electron chi connectivity index (χ1n) is 7.39. The minimum atomic E-state index is -0.316. The number of hydrogen-bond acceptors (Lipinski definition) is 4. The Balaban J connectivity index is 1.60. The summed E-state index contributed by atoms with van der Waals surface area (Å²) in [6.07, 6.45) is 4.72. The fourth-order valence-electron chi connectivity index (χ4n) is 2.86. The number of rotatable bonds is 5. The normalized spacial score (nSPS) is 26.0. The predicted molar refractivity (Wildman–Crippen MR) is 74.7 cm³/mol. The number of nitrogens with one attached hydrogen (secondary N) is 1. The van der Waals surface area contributed by atoms with Gasteiger partial charge in [-0.3, -0.25) is 14.7 Å². The van der Waals surface area contributed by atoms with Crippen LogP contribution in [0, 0.1) is 17.7 Å². The summed E-state index contributed by atoms with van der Waals surface area (Å²) < 4.78 is 13.6. The lowest BCUT2D eigenvalue weighted by molar-refractivity contribution is -0.123. The topological polar surface area (TPSA) is 65.5 Å². The summed E-state index contributed by atoms with van der Waals surface area (Å²) in [4.78, 5) is 17.7. The van der Waals surface area contributed by atoms with E-state index in [0.717, 1.165) is 12.8 Å². The number of carbonyl (C=O) groups excluding carboxylic acids is 1. The van der Waals surface area contributed by atoms with E-state index in [2.05, 4.69) is 15.2 Å². The van der Waals surface area contributed by atoms with Crippen molar-refractivity contribution in [3.8, 4) is 0 Å². The summed E-state index contributed by atoms with van der Waals surface area (Å²) in [5.74, 6) is -0.0486. The molecule has 1 aliphatic carbocycles. The van der Waals surface area contributed by atoms with Crippen molar-refractivity contribution in [2.45, 2.75) is 25.4 Å². The Morgan fingerprint density at radius 2 is 2.29 bits per heavy atom. The van der Waals surface area contributed by atoms with Crippen LogP contribution in [0.4, 0.5) is 4.39 Å². The molecule has 114 valence electrons. The standard InChI is InChI=1S/C15H20FN3O2/c16-13-5-17-4-3-11(13)6-19-7-12(9-20)14(8-19)18-15(21)10-1-2-10/h3-5,10,12,14,20H,1-2,6-9H2,(H,18,21)/t12-,14+/m0/s1. The van der Waals surface area contributed by atoms with Gasteiger partial charge >= 0.3 is 0 Å². The summed E-state index contributed by atoms with van der Waals surface area (Å²) in [5, 5.41) is 12.5. The van der Waals surface area contributed by atoms with Gasteiger partial charge in [-0.1, -0.05) is 0 Å². The molecule has 2 aliphatic rings. The smallest absolute Gasteiger partial charge is 0.223 e. The second kappa shape index (κ2) is 6.07. The average Bonchev–Trinajstić information content (AvgIpc) is 3.25. The molecule has 0 bridgehead atoms. The molecule has 1 amide bonds. The van der Waals surface area contributed by atoms with Gasteiger partial charge in [-0.15, -0.1) is 0 Å². The van der Waals surface area contributed by atoms with E-state index in [1.165, 1.54) is 6.20 Å². The lowest BCUT2D eigenvalue weighted by Gasteiger charge is -2.18. The van der Waals surface area contributed by atoms with Gasteiger partial charge in [-0.25, -0.2) is 4.39 Å². The number of halogens is 1. The van der Waals surface area contributed by atoms with Crippen LogP contribution in [-0.4, -0.2) is 46.6 Å². The molecule has 1 aromatic heterocycles. The van der Waals surface area contributed by atoms with Crippen LogP contribution in [0.1, 0.15) is 18.4 Å². The number of nitrogens with zero attached hydrogens (tertiary/aromatic N) is 2. The molecule has 6 heteroatoms. The van der Waals surface area contributed by atoms with Crippen molar-refractivity contribution in [3.63, 3.8) is 0 Å². The van der Waals surface area contributed by atoms with Crippen molar-refractivity contribution in [2.75, 3.05) is 19.7 Å². The van der Waals surface area contributed by atoms with E-state index in [-0.39, 0.29) is 36.2 Å². The van der Waals surface area contributed by atoms with Crippen LogP contribution >= 0.6 is 0 Å². The van der Waals surface area contributed by atoms with E-state index in [9.17, 15) is 14.3 Å². The quantitative estimate of drug-likeness (QED) is 0.831. The third-order valence-corrected chi connectivity index (χ3v) is 4.28. The van der Waals surface area contributed by atoms with Crippen molar-refractivity contribution in [1.29, 1.82) is 0 Å². The number of aromatic nitrogens is 1. The van der Waals surface area contributed by atoms with Crippen molar-refractivity contribution in [3.05, 3.63) is 29.8 Å². The fourth-order valence-corrected chi connectivity index (χ4v) is 2.86. The first-order valence-corrected chi connectivity index (χ1v) is 7.39. The van der Waals surface area contributed by atoms with E-state index in [1.54, 1.807) is 12.3 Å². The monoisotopic (exact) mass is 293 g/mol. The SMILES string of the molecule is O=C(N[C@@H]1CN(Cc2ccncc2F)C[C@H]1CO)C1CC1. The maximum absolute atomic E-state index is 13.6. The lowest BCUT2D eigenvalue weighted by atomic mass is 10.1. The maximum atomic E-state index is 13.6. The number of aliphatic hydroxyl groups excluding tert-OH is 1. The number of aliphatic hydroxyl groups is 1. The van der Waals surface area contributed by atoms with Gasteiger partial charge in [0.05, 0.1) is 6.20 Å². The van der Waals surface area contributed by atoms with Crippen molar-refractivity contribution < 1.29 is 14.3 Å². The summed E-state index contributed by atoms with van der Waals surface area (Å²) in [5.41, 5.74) is 0.593. The van der Waals surface area contributed by atoms with Crippen LogP contribution in [0.5, 0.6) is 0 Å². The summed E-state index contributed by atoms with van der Waals surface area (Å²) in [6, 6.07) is 1.62. The minimum absolute atomic E-state index is 0.0117. The molecule has 1 saturated carbocycles. The van der Waals surface area contributed by atoms with E-state index < -0.39 is 0 Å². The van der Waals surface area contributed by atoms with Crippen LogP contribution in [-0.2, 0) is 11.3 Å². The zero-order valence-corrected chi connectivity index (χ0v) is 11.8. The largest absolute Gasteiger partial charge is 0.396 e. The number of carbonyl (C=O) groups is 1. The minimum Gasteiger partial charge on any atom is -0.396 e. The van der Waals surface area contributed by atoms with Gasteiger partial charge in [0.15, 0.2) is 0 Å². The first kappa shape index (κ1) is 14.4. The molecule has 0 spiro atoms. The highest BCUT2D eigenvalue weighted by molar-refractivity contribution is 5.81. The molecule has 0 unspecified atom stereocenters. The van der Waals surface area contributed by atoms with Crippen molar-refractivity contribution >= 4 is 5.91 Å². The van der Waals surface area contributed by atoms with Gasteiger partial charge in [-0.05, 0) is 18.9 Å². The molecule has 0 aromatic carbocycles. The van der Waals surface area contributed by atoms with Crippen LogP contribution < -0.4 is 5.32 Å². The number of likely N-dealkylation sites (tertiary alicyclic amines) is 1. The molecule has 1 saturated heterocycles. The van der Waals surface area contributed by atoms with Crippen molar-refractivity contribution in [1.82, 2.24) is 15.2 Å². The molecular formula is C15H20FN3O2. The molecule has 3 rings (SSSR count). The van der Waals surface area contributed by atoms with Gasteiger partial charge in [0, 0.05) is 55.9 Å². The average molecular weight is 293 g/mol. The molecule has 2 heterocycles. The van der Waals surface area contributed by atoms with Gasteiger partial charge in [0.25, 0.3) is 0 Å². The Bertz CT molecular complexity index is 521. The van der Waals surface area contributed by atoms with Gasteiger partial charge in [0.2, 0.25) is 5.91 Å². The molecule has 21 heavy (non-hydrogen) atoms. The van der Waals surface area contributed by atoms with Crippen LogP contribution in [0.25, 0.3) is 0 Å². The van der Waals surface area contributed by atoms with E-state index in [1.807, 2.05) is 0 Å². The highest BCUT2D eigenvalue weighted by Crippen LogP contribution is 2.30. The van der Waals surface area contributed by atoms with Crippen LogP contribution in [0.2, 0.25) is 0 Å². The van der Waals surface area contributed by atoms with Gasteiger partial charge in [-0.2, -0.15) is 0 Å². The first-order chi connectivity index (χ1) is 10.2. The molecule has 1 aliphatic heterocycles. The molecule has 5 nitrogen and oxygen atoms in total. The van der Waals surface area contributed by atoms with Crippen LogP contribution in [0.15, 0.2) is 18.5 Å². The number of pyridine rings is 1. The Morgan fingerprint density at radius 1 is 1.48 bits per heavy atom. The highest BCUT2D eigenvalue weighted by Gasteiger charge is 2.37. The second-order valence-corrected chi connectivity index (χ2v) is 5.99. The molecule has 2 fully saturated rings. The van der Waals surface area contributed by atoms with Crippen molar-refractivity contribution in [2.24, 2.45) is 11.8 Å². The summed E-state index contributed by atoms with van der Waals surface area (Å²) >= 11 is 0. The second-order valence-electron chi connectivity index (χ2n) is 5.99. The van der Waals surface area contributed by atoms with E-state index in [4.69, 9.17) is 0 Å². The highest BCUT2D eigenvalue weighted by atomic mass is 19.1. The fraction of sp³-hybridized carbons (Fsp3) is 0.600. The maximum Gasteiger partial charge on any atom is 0.223 e. The molecule has 0 radical (unpaired) electrons. The number of amides is 1. The number of hydrogen-bond donors (Lipinski definition) is 2. The Labute approximate surface area is 123 Å². The Morgan fingerprint density at radius 3 is 2.95 bits per heavy atom. The Hall–Kier alpha value is -1.53.